The Morgan fingerprint density at radius 3 is 2.54 bits per heavy atom. The molecule has 0 aliphatic carbocycles. The van der Waals surface area contributed by atoms with E-state index in [0.717, 1.165) is 18.1 Å². The molecule has 1 aliphatic heterocycles. The number of fused-ring (bicyclic) bond motifs is 1. The van der Waals surface area contributed by atoms with Crippen molar-refractivity contribution in [1.29, 1.82) is 0 Å². The molecule has 0 saturated heterocycles. The van der Waals surface area contributed by atoms with E-state index in [-0.39, 0.29) is 18.4 Å². The number of carbonyl (C=O) groups excluding carboxylic acids is 1. The van der Waals surface area contributed by atoms with Crippen molar-refractivity contribution in [3.8, 4) is 0 Å². The van der Waals surface area contributed by atoms with E-state index in [1.807, 2.05) is 0 Å². The molecule has 4 nitrogen and oxygen atoms in total. The van der Waals surface area contributed by atoms with Gasteiger partial charge in [-0.25, -0.2) is 8.78 Å². The van der Waals surface area contributed by atoms with Crippen molar-refractivity contribution in [2.24, 2.45) is 5.92 Å². The fourth-order valence-electron chi connectivity index (χ4n) is 3.87. The molecule has 150 valence electrons. The summed E-state index contributed by atoms with van der Waals surface area (Å²) in [6.07, 6.45) is 0.579. The largest absolute Gasteiger partial charge is 0.391 e. The van der Waals surface area contributed by atoms with Gasteiger partial charge in [0.1, 0.15) is 11.6 Å². The van der Waals surface area contributed by atoms with Gasteiger partial charge in [-0.1, -0.05) is 25.1 Å². The first kappa shape index (κ1) is 20.4. The standard InChI is InChI=1S/C22H26F2N2O2/c1-3-13-4-5-15-12-26-20(10-16(15)6-13)21(27)19(22(28)25-2)9-14-7-17(23)11-18(24)8-14/h4-8,11,19-21,26-27H,3,9-10,12H2,1-2H3,(H,25,28). The summed E-state index contributed by atoms with van der Waals surface area (Å²) in [4.78, 5) is 12.4. The number of nitrogens with one attached hydrogen (secondary N) is 2. The summed E-state index contributed by atoms with van der Waals surface area (Å²) in [7, 11) is 1.49. The zero-order chi connectivity index (χ0) is 20.3. The lowest BCUT2D eigenvalue weighted by atomic mass is 9.83. The fourth-order valence-corrected chi connectivity index (χ4v) is 3.87. The van der Waals surface area contributed by atoms with Gasteiger partial charge in [-0.05, 0) is 53.6 Å². The van der Waals surface area contributed by atoms with Gasteiger partial charge < -0.3 is 15.7 Å². The molecule has 28 heavy (non-hydrogen) atoms. The van der Waals surface area contributed by atoms with Crippen molar-refractivity contribution in [1.82, 2.24) is 10.6 Å². The normalized spacial score (nSPS) is 18.2. The number of amides is 1. The van der Waals surface area contributed by atoms with Gasteiger partial charge in [-0.3, -0.25) is 4.79 Å². The molecule has 0 saturated carbocycles. The van der Waals surface area contributed by atoms with E-state index < -0.39 is 23.7 Å². The van der Waals surface area contributed by atoms with Crippen LogP contribution in [0.25, 0.3) is 0 Å². The van der Waals surface area contributed by atoms with Gasteiger partial charge >= 0.3 is 0 Å². The van der Waals surface area contributed by atoms with Gasteiger partial charge in [0.05, 0.1) is 12.0 Å². The third-order valence-electron chi connectivity index (χ3n) is 5.46. The quantitative estimate of drug-likeness (QED) is 0.713. The minimum atomic E-state index is -0.996. The number of rotatable bonds is 6. The Hall–Kier alpha value is -2.31. The van der Waals surface area contributed by atoms with Crippen LogP contribution in [-0.4, -0.2) is 30.2 Å². The van der Waals surface area contributed by atoms with Gasteiger partial charge in [-0.2, -0.15) is 0 Å². The lowest BCUT2D eigenvalue weighted by molar-refractivity contribution is -0.128. The number of carbonyl (C=O) groups is 1. The molecule has 0 aromatic heterocycles. The summed E-state index contributed by atoms with van der Waals surface area (Å²) in [6, 6.07) is 9.21. The number of hydrogen-bond donors (Lipinski definition) is 3. The summed E-state index contributed by atoms with van der Waals surface area (Å²) in [5.74, 6) is -2.57. The Kier molecular flexibility index (Phi) is 6.42. The molecular weight excluding hydrogens is 362 g/mol. The molecule has 3 atom stereocenters. The topological polar surface area (TPSA) is 61.4 Å². The van der Waals surface area contributed by atoms with Crippen LogP contribution in [0.15, 0.2) is 36.4 Å². The lowest BCUT2D eigenvalue weighted by Gasteiger charge is -2.34. The fraction of sp³-hybridized carbons (Fsp3) is 0.409. The molecule has 0 radical (unpaired) electrons. The second-order valence-corrected chi connectivity index (χ2v) is 7.34. The third-order valence-corrected chi connectivity index (χ3v) is 5.46. The Morgan fingerprint density at radius 2 is 1.89 bits per heavy atom. The second kappa shape index (κ2) is 8.80. The third kappa shape index (κ3) is 4.56. The molecule has 1 heterocycles. The average Bonchev–Trinajstić information content (AvgIpc) is 2.69. The van der Waals surface area contributed by atoms with Crippen molar-refractivity contribution in [3.63, 3.8) is 0 Å². The molecule has 0 spiro atoms. The van der Waals surface area contributed by atoms with Crippen LogP contribution in [0, 0.1) is 17.6 Å². The summed E-state index contributed by atoms with van der Waals surface area (Å²) < 4.78 is 27.1. The Morgan fingerprint density at radius 1 is 1.18 bits per heavy atom. The highest BCUT2D eigenvalue weighted by molar-refractivity contribution is 5.79. The van der Waals surface area contributed by atoms with Crippen LogP contribution in [0.3, 0.4) is 0 Å². The number of hydrogen-bond acceptors (Lipinski definition) is 3. The zero-order valence-corrected chi connectivity index (χ0v) is 16.1. The highest BCUT2D eigenvalue weighted by atomic mass is 19.1. The molecule has 2 aromatic rings. The van der Waals surface area contributed by atoms with E-state index in [9.17, 15) is 18.7 Å². The second-order valence-electron chi connectivity index (χ2n) is 7.34. The van der Waals surface area contributed by atoms with E-state index in [4.69, 9.17) is 0 Å². The molecular formula is C22H26F2N2O2. The van der Waals surface area contributed by atoms with Gasteiger partial charge in [0.25, 0.3) is 0 Å². The molecule has 1 aliphatic rings. The van der Waals surface area contributed by atoms with Gasteiger partial charge in [-0.15, -0.1) is 0 Å². The van der Waals surface area contributed by atoms with Crippen molar-refractivity contribution in [3.05, 3.63) is 70.3 Å². The molecule has 0 bridgehead atoms. The smallest absolute Gasteiger partial charge is 0.225 e. The number of aryl methyl sites for hydroxylation is 1. The number of benzene rings is 2. The minimum Gasteiger partial charge on any atom is -0.391 e. The van der Waals surface area contributed by atoms with Crippen molar-refractivity contribution in [2.45, 2.75) is 44.9 Å². The summed E-state index contributed by atoms with van der Waals surface area (Å²) in [6.45, 7) is 2.70. The predicted octanol–water partition coefficient (Wildman–Crippen LogP) is 2.51. The average molecular weight is 388 g/mol. The van der Waals surface area contributed by atoms with Crippen molar-refractivity contribution in [2.75, 3.05) is 7.05 Å². The molecule has 0 fully saturated rings. The maximum Gasteiger partial charge on any atom is 0.225 e. The predicted molar refractivity (Wildman–Crippen MR) is 104 cm³/mol. The van der Waals surface area contributed by atoms with Crippen LogP contribution in [0.2, 0.25) is 0 Å². The number of aliphatic hydroxyl groups is 1. The van der Waals surface area contributed by atoms with Crippen LogP contribution in [0.1, 0.15) is 29.2 Å². The van der Waals surface area contributed by atoms with E-state index in [2.05, 4.69) is 35.8 Å². The molecule has 3 N–H and O–H groups in total. The lowest BCUT2D eigenvalue weighted by Crippen LogP contribution is -2.51. The molecule has 6 heteroatoms. The van der Waals surface area contributed by atoms with Crippen LogP contribution < -0.4 is 10.6 Å². The molecule has 3 rings (SSSR count). The van der Waals surface area contributed by atoms with E-state index in [0.29, 0.717) is 18.5 Å². The van der Waals surface area contributed by atoms with Gasteiger partial charge in [0.2, 0.25) is 5.91 Å². The van der Waals surface area contributed by atoms with Crippen LogP contribution >= 0.6 is 0 Å². The zero-order valence-electron chi connectivity index (χ0n) is 16.1. The maximum atomic E-state index is 13.5. The molecule has 1 amide bonds. The highest BCUT2D eigenvalue weighted by Gasteiger charge is 2.34. The van der Waals surface area contributed by atoms with E-state index in [1.165, 1.54) is 30.3 Å². The first-order chi connectivity index (χ1) is 13.4. The van der Waals surface area contributed by atoms with Crippen LogP contribution in [0.4, 0.5) is 8.78 Å². The first-order valence-electron chi connectivity index (χ1n) is 9.60. The Bertz CT molecular complexity index is 836. The Labute approximate surface area is 164 Å². The molecule has 2 aromatic carbocycles. The monoisotopic (exact) mass is 388 g/mol. The minimum absolute atomic E-state index is 0.0511. The van der Waals surface area contributed by atoms with Gasteiger partial charge in [0, 0.05) is 25.7 Å². The first-order valence-corrected chi connectivity index (χ1v) is 9.60. The highest BCUT2D eigenvalue weighted by Crippen LogP contribution is 2.24. The van der Waals surface area contributed by atoms with Crippen molar-refractivity contribution >= 4 is 5.91 Å². The van der Waals surface area contributed by atoms with E-state index in [1.54, 1.807) is 0 Å². The van der Waals surface area contributed by atoms with Crippen molar-refractivity contribution < 1.29 is 18.7 Å². The maximum absolute atomic E-state index is 13.5. The SMILES string of the molecule is CCc1ccc2c(c1)CC(C(O)C(Cc1cc(F)cc(F)c1)C(=O)NC)NC2. The van der Waals surface area contributed by atoms with Crippen LogP contribution in [-0.2, 0) is 30.6 Å². The molecule has 3 unspecified atom stereocenters. The summed E-state index contributed by atoms with van der Waals surface area (Å²) >= 11 is 0. The summed E-state index contributed by atoms with van der Waals surface area (Å²) in [5, 5.41) is 16.8. The Balaban J connectivity index is 1.81. The number of halogens is 2. The van der Waals surface area contributed by atoms with Gasteiger partial charge in [0.15, 0.2) is 0 Å². The summed E-state index contributed by atoms with van der Waals surface area (Å²) in [5.41, 5.74) is 3.92. The van der Waals surface area contributed by atoms with E-state index >= 15 is 0 Å². The van der Waals surface area contributed by atoms with Crippen LogP contribution in [0.5, 0.6) is 0 Å². The number of aliphatic hydroxyl groups excluding tert-OH is 1.